The molecule has 0 radical (unpaired) electrons. The monoisotopic (exact) mass is 473 g/mol. The fourth-order valence-corrected chi connectivity index (χ4v) is 6.06. The van der Waals surface area contributed by atoms with Crippen molar-refractivity contribution in [1.82, 2.24) is 0 Å². The van der Waals surface area contributed by atoms with Crippen molar-refractivity contribution in [3.63, 3.8) is 0 Å². The molecule has 0 heterocycles. The van der Waals surface area contributed by atoms with E-state index in [1.54, 1.807) is 48.6 Å². The number of anilines is 1. The van der Waals surface area contributed by atoms with E-state index in [9.17, 15) is 13.2 Å². The van der Waals surface area contributed by atoms with Crippen molar-refractivity contribution in [3.05, 3.63) is 125 Å². The number of carbonyl (C=O) groups is 1. The number of carbonyl (C=O) groups excluding carboxylic acids is 1. The summed E-state index contributed by atoms with van der Waals surface area (Å²) in [6.45, 7) is 1.94. The van der Waals surface area contributed by atoms with Crippen LogP contribution in [0.4, 0.5) is 5.69 Å². The zero-order valence-corrected chi connectivity index (χ0v) is 19.3. The number of allylic oxidation sites excluding steroid dienone is 4. The molecule has 2 aliphatic carbocycles. The van der Waals surface area contributed by atoms with Crippen LogP contribution in [-0.2, 0) is 20.2 Å². The first kappa shape index (κ1) is 21.4. The second-order valence-corrected chi connectivity index (χ2v) is 10.3. The lowest BCUT2D eigenvalue weighted by molar-refractivity contribution is -0.117. The molecule has 0 N–H and O–H groups in total. The number of hydrogen-bond acceptors (Lipinski definition) is 3. The van der Waals surface area contributed by atoms with Gasteiger partial charge in [-0.2, -0.15) is 0 Å². The van der Waals surface area contributed by atoms with Gasteiger partial charge in [0.2, 0.25) is 0 Å². The zero-order valence-electron chi connectivity index (χ0n) is 17.8. The maximum atomic E-state index is 14.1. The van der Waals surface area contributed by atoms with Gasteiger partial charge < -0.3 is 0 Å². The molecule has 0 amide bonds. The van der Waals surface area contributed by atoms with E-state index in [0.29, 0.717) is 16.4 Å². The number of sulfonamides is 1. The summed E-state index contributed by atoms with van der Waals surface area (Å²) >= 11 is 6.02. The third kappa shape index (κ3) is 3.36. The minimum Gasteiger partial charge on any atom is -0.293 e. The van der Waals surface area contributed by atoms with Crippen molar-refractivity contribution in [3.8, 4) is 0 Å². The van der Waals surface area contributed by atoms with Crippen LogP contribution < -0.4 is 4.31 Å². The Bertz CT molecular complexity index is 1450. The van der Waals surface area contributed by atoms with Crippen molar-refractivity contribution in [2.45, 2.75) is 17.2 Å². The summed E-state index contributed by atoms with van der Waals surface area (Å²) in [5.41, 5.74) is 2.14. The molecule has 0 aliphatic heterocycles. The molecule has 3 aromatic carbocycles. The van der Waals surface area contributed by atoms with E-state index >= 15 is 0 Å². The highest BCUT2D eigenvalue weighted by atomic mass is 35.5. The normalized spacial score (nSPS) is 19.0. The Hall–Kier alpha value is -3.41. The topological polar surface area (TPSA) is 54.5 Å². The number of nitrogens with zero attached hydrogens (tertiary/aromatic N) is 1. The maximum Gasteiger partial charge on any atom is 0.268 e. The van der Waals surface area contributed by atoms with Gasteiger partial charge >= 0.3 is 0 Å². The van der Waals surface area contributed by atoms with Gasteiger partial charge in [0, 0.05) is 5.02 Å². The fraction of sp³-hybridized carbons (Fsp3) is 0.0741. The highest BCUT2D eigenvalue weighted by molar-refractivity contribution is 7.93. The van der Waals surface area contributed by atoms with Crippen molar-refractivity contribution >= 4 is 39.2 Å². The molecule has 0 unspecified atom stereocenters. The molecule has 0 saturated heterocycles. The van der Waals surface area contributed by atoms with Crippen molar-refractivity contribution in [2.24, 2.45) is 0 Å². The highest BCUT2D eigenvalue weighted by Gasteiger charge is 2.50. The van der Waals surface area contributed by atoms with Crippen LogP contribution in [0.15, 0.2) is 108 Å². The lowest BCUT2D eigenvalue weighted by atomic mass is 9.74. The van der Waals surface area contributed by atoms with Crippen LogP contribution in [0.2, 0.25) is 5.02 Å². The zero-order chi connectivity index (χ0) is 23.2. The van der Waals surface area contributed by atoms with Gasteiger partial charge in [-0.05, 0) is 66.6 Å². The van der Waals surface area contributed by atoms with Crippen LogP contribution in [0.3, 0.4) is 0 Å². The Morgan fingerprint density at radius 1 is 0.879 bits per heavy atom. The predicted molar refractivity (Wildman–Crippen MR) is 132 cm³/mol. The second kappa shape index (κ2) is 7.87. The number of rotatable bonds is 4. The number of ketones is 1. The fourth-order valence-electron chi connectivity index (χ4n) is 4.39. The Labute approximate surface area is 198 Å². The minimum atomic E-state index is -4.09. The molecule has 4 nitrogen and oxygen atoms in total. The van der Waals surface area contributed by atoms with E-state index in [4.69, 9.17) is 11.6 Å². The van der Waals surface area contributed by atoms with Crippen LogP contribution in [-0.4, -0.2) is 14.2 Å². The van der Waals surface area contributed by atoms with Crippen LogP contribution >= 0.6 is 11.6 Å². The molecule has 0 bridgehead atoms. The van der Waals surface area contributed by atoms with Crippen molar-refractivity contribution in [1.29, 1.82) is 0 Å². The molecule has 1 atom stereocenters. The van der Waals surface area contributed by atoms with Gasteiger partial charge in [-0.25, -0.2) is 12.7 Å². The Morgan fingerprint density at radius 3 is 2.27 bits per heavy atom. The van der Waals surface area contributed by atoms with Crippen LogP contribution in [0.5, 0.6) is 0 Å². The molecule has 1 spiro atoms. The lowest BCUT2D eigenvalue weighted by Crippen LogP contribution is -2.44. The first-order chi connectivity index (χ1) is 15.8. The second-order valence-electron chi connectivity index (χ2n) is 8.07. The summed E-state index contributed by atoms with van der Waals surface area (Å²) in [5.74, 6) is -0.190. The number of benzene rings is 3. The molecule has 0 aromatic heterocycles. The third-order valence-corrected chi connectivity index (χ3v) is 8.02. The number of hydrogen-bond donors (Lipinski definition) is 0. The van der Waals surface area contributed by atoms with E-state index in [1.807, 2.05) is 43.3 Å². The molecule has 2 aliphatic rings. The number of fused-ring (bicyclic) bond motifs is 2. The molecular weight excluding hydrogens is 454 g/mol. The van der Waals surface area contributed by atoms with Gasteiger partial charge in [-0.15, -0.1) is 0 Å². The Kier molecular flexibility index (Phi) is 5.11. The highest BCUT2D eigenvalue weighted by Crippen LogP contribution is 2.49. The molecule has 0 fully saturated rings. The summed E-state index contributed by atoms with van der Waals surface area (Å²) in [6.07, 6.45) is 8.55. The first-order valence-corrected chi connectivity index (χ1v) is 12.3. The number of aryl methyl sites for hydroxylation is 1. The summed E-state index contributed by atoms with van der Waals surface area (Å²) < 4.78 is 29.5. The summed E-state index contributed by atoms with van der Waals surface area (Å²) in [4.78, 5) is 13.6. The van der Waals surface area contributed by atoms with Crippen LogP contribution in [0, 0.1) is 6.92 Å². The molecule has 5 rings (SSSR count). The van der Waals surface area contributed by atoms with E-state index in [0.717, 1.165) is 16.7 Å². The van der Waals surface area contributed by atoms with Gasteiger partial charge in [-0.1, -0.05) is 71.8 Å². The summed E-state index contributed by atoms with van der Waals surface area (Å²) in [6, 6.07) is 20.8. The van der Waals surface area contributed by atoms with Crippen molar-refractivity contribution < 1.29 is 13.2 Å². The van der Waals surface area contributed by atoms with E-state index in [-0.39, 0.29) is 10.7 Å². The minimum absolute atomic E-state index is 0.0854. The first-order valence-electron chi connectivity index (χ1n) is 10.4. The van der Waals surface area contributed by atoms with Gasteiger partial charge in [0.25, 0.3) is 10.0 Å². The molecule has 33 heavy (non-hydrogen) atoms. The largest absolute Gasteiger partial charge is 0.293 e. The number of halogens is 1. The lowest BCUT2D eigenvalue weighted by Gasteiger charge is -2.36. The molecule has 164 valence electrons. The van der Waals surface area contributed by atoms with Crippen LogP contribution in [0.1, 0.15) is 16.7 Å². The average Bonchev–Trinajstić information content (AvgIpc) is 3.12. The summed E-state index contributed by atoms with van der Waals surface area (Å²) in [7, 11) is -4.09. The van der Waals surface area contributed by atoms with Gasteiger partial charge in [-0.3, -0.25) is 4.79 Å². The Balaban J connectivity index is 1.79. The Morgan fingerprint density at radius 2 is 1.58 bits per heavy atom. The van der Waals surface area contributed by atoms with E-state index in [2.05, 4.69) is 0 Å². The smallest absolute Gasteiger partial charge is 0.268 e. The SMILES string of the molecule is Cc1ccc(N(C2=Cc3ccccc3[C@]23C=CC=CC3=O)S(=O)(=O)c2ccc(Cl)cc2)cc1. The third-order valence-electron chi connectivity index (χ3n) is 6.01. The van der Waals surface area contributed by atoms with E-state index in [1.165, 1.54) is 22.5 Å². The van der Waals surface area contributed by atoms with Gasteiger partial charge in [0.05, 0.1) is 16.3 Å². The van der Waals surface area contributed by atoms with Gasteiger partial charge in [0.15, 0.2) is 5.78 Å². The predicted octanol–water partition coefficient (Wildman–Crippen LogP) is 5.83. The molecule has 0 saturated carbocycles. The van der Waals surface area contributed by atoms with Crippen molar-refractivity contribution in [2.75, 3.05) is 4.31 Å². The van der Waals surface area contributed by atoms with Crippen LogP contribution in [0.25, 0.3) is 6.08 Å². The summed E-state index contributed by atoms with van der Waals surface area (Å²) in [5, 5.41) is 0.440. The molecule has 3 aromatic rings. The average molecular weight is 474 g/mol. The standard InChI is InChI=1S/C27H20ClNO3S/c1-19-9-13-22(14-10-19)29(33(31,32)23-15-11-21(28)12-16-23)25-18-20-6-2-3-7-24(20)27(25)17-5-4-8-26(27)30/h2-18H,1H3/t27-/m1/s1. The van der Waals surface area contributed by atoms with E-state index < -0.39 is 15.4 Å². The molecule has 6 heteroatoms. The quantitative estimate of drug-likeness (QED) is 0.479. The maximum absolute atomic E-state index is 14.1. The van der Waals surface area contributed by atoms with Gasteiger partial charge in [0.1, 0.15) is 5.41 Å². The molecular formula is C27H20ClNO3S.